The molecule has 1 aromatic carbocycles. The minimum atomic E-state index is -0.243. The molecule has 0 bridgehead atoms. The highest BCUT2D eigenvalue weighted by Gasteiger charge is 2.05. The second-order valence-corrected chi connectivity index (χ2v) is 5.29. The molecule has 0 unspecified atom stereocenters. The van der Waals surface area contributed by atoms with Crippen LogP contribution in [0.1, 0.15) is 19.4 Å². The van der Waals surface area contributed by atoms with Crippen LogP contribution in [0.25, 0.3) is 0 Å². The number of benzene rings is 1. The van der Waals surface area contributed by atoms with Gasteiger partial charge >= 0.3 is 0 Å². The van der Waals surface area contributed by atoms with Crippen LogP contribution in [0.15, 0.2) is 22.7 Å². The normalized spacial score (nSPS) is 10.7. The van der Waals surface area contributed by atoms with Crippen molar-refractivity contribution in [2.45, 2.75) is 26.3 Å². The Morgan fingerprint density at radius 1 is 1.44 bits per heavy atom. The quantitative estimate of drug-likeness (QED) is 0.845. The Morgan fingerprint density at radius 3 is 2.83 bits per heavy atom. The van der Waals surface area contributed by atoms with Gasteiger partial charge in [0.25, 0.3) is 0 Å². The van der Waals surface area contributed by atoms with E-state index in [0.717, 1.165) is 4.47 Å². The molecule has 1 amide bonds. The van der Waals surface area contributed by atoms with E-state index in [1.54, 1.807) is 12.1 Å². The summed E-state index contributed by atoms with van der Waals surface area (Å²) in [6.45, 7) is 4.68. The maximum Gasteiger partial charge on any atom is 0.233 e. The van der Waals surface area contributed by atoms with Crippen LogP contribution in [-0.2, 0) is 11.2 Å². The molecule has 1 rings (SSSR count). The van der Waals surface area contributed by atoms with Crippen LogP contribution >= 0.6 is 15.9 Å². The number of amides is 1. The van der Waals surface area contributed by atoms with Gasteiger partial charge in [0.15, 0.2) is 0 Å². The standard InChI is InChI=1S/C13H18BrFN2O/c1-9(2)17-8-13(18)16-6-5-10-7-11(14)3-4-12(10)15/h3-4,7,9,17H,5-6,8H2,1-2H3,(H,16,18). The molecule has 0 fully saturated rings. The van der Waals surface area contributed by atoms with Crippen LogP contribution in [0.4, 0.5) is 4.39 Å². The van der Waals surface area contributed by atoms with Crippen LogP contribution in [0.5, 0.6) is 0 Å². The first-order valence-corrected chi connectivity index (χ1v) is 6.72. The predicted octanol–water partition coefficient (Wildman–Crippen LogP) is 2.24. The lowest BCUT2D eigenvalue weighted by atomic mass is 10.1. The molecular weight excluding hydrogens is 299 g/mol. The van der Waals surface area contributed by atoms with Crippen LogP contribution in [-0.4, -0.2) is 25.0 Å². The molecular formula is C13H18BrFN2O. The van der Waals surface area contributed by atoms with E-state index in [2.05, 4.69) is 26.6 Å². The molecule has 0 aromatic heterocycles. The second-order valence-electron chi connectivity index (χ2n) is 4.37. The third kappa shape index (κ3) is 5.60. The molecule has 0 heterocycles. The molecule has 0 spiro atoms. The summed E-state index contributed by atoms with van der Waals surface area (Å²) < 4.78 is 14.2. The molecule has 18 heavy (non-hydrogen) atoms. The summed E-state index contributed by atoms with van der Waals surface area (Å²) in [7, 11) is 0. The number of nitrogens with one attached hydrogen (secondary N) is 2. The van der Waals surface area contributed by atoms with E-state index in [1.165, 1.54) is 6.07 Å². The van der Waals surface area contributed by atoms with Gasteiger partial charge in [-0.25, -0.2) is 4.39 Å². The summed E-state index contributed by atoms with van der Waals surface area (Å²) in [4.78, 5) is 11.4. The minimum Gasteiger partial charge on any atom is -0.355 e. The smallest absolute Gasteiger partial charge is 0.233 e. The molecule has 100 valence electrons. The number of carbonyl (C=O) groups is 1. The fraction of sp³-hybridized carbons (Fsp3) is 0.462. The van der Waals surface area contributed by atoms with Gasteiger partial charge in [0, 0.05) is 17.1 Å². The molecule has 5 heteroatoms. The van der Waals surface area contributed by atoms with Gasteiger partial charge < -0.3 is 10.6 Å². The lowest BCUT2D eigenvalue weighted by Gasteiger charge is -2.09. The first-order chi connectivity index (χ1) is 8.49. The summed E-state index contributed by atoms with van der Waals surface area (Å²) in [6.07, 6.45) is 0.485. The topological polar surface area (TPSA) is 41.1 Å². The van der Waals surface area contributed by atoms with Gasteiger partial charge in [-0.05, 0) is 30.2 Å². The van der Waals surface area contributed by atoms with Gasteiger partial charge in [0.1, 0.15) is 5.82 Å². The van der Waals surface area contributed by atoms with Crippen molar-refractivity contribution in [1.29, 1.82) is 0 Å². The zero-order valence-electron chi connectivity index (χ0n) is 10.6. The first kappa shape index (κ1) is 15.1. The molecule has 1 aromatic rings. The average Bonchev–Trinajstić information content (AvgIpc) is 2.31. The number of hydrogen-bond donors (Lipinski definition) is 2. The highest BCUT2D eigenvalue weighted by molar-refractivity contribution is 9.10. The van der Waals surface area contributed by atoms with E-state index in [9.17, 15) is 9.18 Å². The molecule has 0 radical (unpaired) electrons. The third-order valence-electron chi connectivity index (χ3n) is 2.40. The molecule has 0 aliphatic heterocycles. The van der Waals surface area contributed by atoms with Crippen molar-refractivity contribution >= 4 is 21.8 Å². The first-order valence-electron chi connectivity index (χ1n) is 5.93. The van der Waals surface area contributed by atoms with E-state index in [-0.39, 0.29) is 17.8 Å². The van der Waals surface area contributed by atoms with Crippen molar-refractivity contribution in [3.63, 3.8) is 0 Å². The zero-order valence-corrected chi connectivity index (χ0v) is 12.2. The Hall–Kier alpha value is -0.940. The fourth-order valence-corrected chi connectivity index (χ4v) is 1.84. The van der Waals surface area contributed by atoms with E-state index in [1.807, 2.05) is 13.8 Å². The molecule has 0 saturated heterocycles. The van der Waals surface area contributed by atoms with Crippen molar-refractivity contribution in [3.05, 3.63) is 34.1 Å². The van der Waals surface area contributed by atoms with E-state index in [4.69, 9.17) is 0 Å². The summed E-state index contributed by atoms with van der Waals surface area (Å²) >= 11 is 3.29. The van der Waals surface area contributed by atoms with Crippen LogP contribution in [0, 0.1) is 5.82 Å². The Kier molecular flexibility index (Phi) is 6.29. The minimum absolute atomic E-state index is 0.0703. The van der Waals surface area contributed by atoms with Crippen LogP contribution in [0.3, 0.4) is 0 Å². The van der Waals surface area contributed by atoms with Gasteiger partial charge in [-0.3, -0.25) is 4.79 Å². The highest BCUT2D eigenvalue weighted by Crippen LogP contribution is 2.15. The van der Waals surface area contributed by atoms with Crippen LogP contribution in [0.2, 0.25) is 0 Å². The summed E-state index contributed by atoms with van der Waals surface area (Å²) in [5, 5.41) is 5.77. The molecule has 0 aliphatic carbocycles. The van der Waals surface area contributed by atoms with Crippen molar-refractivity contribution in [2.75, 3.05) is 13.1 Å². The maximum atomic E-state index is 13.4. The molecule has 3 nitrogen and oxygen atoms in total. The van der Waals surface area contributed by atoms with Gasteiger partial charge in [-0.2, -0.15) is 0 Å². The number of hydrogen-bond acceptors (Lipinski definition) is 2. The largest absolute Gasteiger partial charge is 0.355 e. The number of carbonyl (C=O) groups excluding carboxylic acids is 1. The molecule has 0 atom stereocenters. The van der Waals surface area contributed by atoms with E-state index in [0.29, 0.717) is 25.1 Å². The number of halogens is 2. The van der Waals surface area contributed by atoms with Gasteiger partial charge in [-0.1, -0.05) is 29.8 Å². The molecule has 0 saturated carbocycles. The van der Waals surface area contributed by atoms with E-state index >= 15 is 0 Å². The molecule has 0 aliphatic rings. The summed E-state index contributed by atoms with van der Waals surface area (Å²) in [5.41, 5.74) is 0.599. The van der Waals surface area contributed by atoms with Crippen molar-refractivity contribution < 1.29 is 9.18 Å². The fourth-order valence-electron chi connectivity index (χ4n) is 1.43. The van der Waals surface area contributed by atoms with Gasteiger partial charge in [0.05, 0.1) is 6.54 Å². The monoisotopic (exact) mass is 316 g/mol. The van der Waals surface area contributed by atoms with Crippen molar-refractivity contribution in [3.8, 4) is 0 Å². The molecule has 2 N–H and O–H groups in total. The van der Waals surface area contributed by atoms with Crippen LogP contribution < -0.4 is 10.6 Å². The predicted molar refractivity (Wildman–Crippen MR) is 74.0 cm³/mol. The Labute approximate surface area is 115 Å². The lowest BCUT2D eigenvalue weighted by Crippen LogP contribution is -2.37. The zero-order chi connectivity index (χ0) is 13.5. The Balaban J connectivity index is 2.33. The average molecular weight is 317 g/mol. The Bertz CT molecular complexity index is 410. The van der Waals surface area contributed by atoms with Crippen molar-refractivity contribution in [2.24, 2.45) is 0 Å². The second kappa shape index (κ2) is 7.48. The Morgan fingerprint density at radius 2 is 2.17 bits per heavy atom. The lowest BCUT2D eigenvalue weighted by molar-refractivity contribution is -0.120. The van der Waals surface area contributed by atoms with Gasteiger partial charge in [-0.15, -0.1) is 0 Å². The van der Waals surface area contributed by atoms with Crippen molar-refractivity contribution in [1.82, 2.24) is 10.6 Å². The summed E-state index contributed by atoms with van der Waals surface area (Å²) in [6, 6.07) is 5.08. The third-order valence-corrected chi connectivity index (χ3v) is 2.89. The van der Waals surface area contributed by atoms with E-state index < -0.39 is 0 Å². The maximum absolute atomic E-state index is 13.4. The van der Waals surface area contributed by atoms with Gasteiger partial charge in [0.2, 0.25) is 5.91 Å². The summed E-state index contributed by atoms with van der Waals surface area (Å²) in [5.74, 6) is -0.313. The SMILES string of the molecule is CC(C)NCC(=O)NCCc1cc(Br)ccc1F. The number of rotatable bonds is 6. The highest BCUT2D eigenvalue weighted by atomic mass is 79.9.